The van der Waals surface area contributed by atoms with Crippen LogP contribution in [0.1, 0.15) is 41.1 Å². The van der Waals surface area contributed by atoms with E-state index in [9.17, 15) is 8.42 Å². The zero-order valence-electron chi connectivity index (χ0n) is 21.3. The molecule has 0 unspecified atom stereocenters. The van der Waals surface area contributed by atoms with Gasteiger partial charge in [0.1, 0.15) is 4.90 Å². The predicted octanol–water partition coefficient (Wildman–Crippen LogP) is 6.42. The summed E-state index contributed by atoms with van der Waals surface area (Å²) in [5, 5.41) is 2.13. The van der Waals surface area contributed by atoms with E-state index in [1.54, 1.807) is 22.6 Å². The molecule has 6 rings (SSSR count). The maximum atomic E-state index is 13.6. The van der Waals surface area contributed by atoms with Crippen molar-refractivity contribution in [3.8, 4) is 0 Å². The summed E-state index contributed by atoms with van der Waals surface area (Å²) >= 11 is 0. The van der Waals surface area contributed by atoms with Crippen molar-refractivity contribution < 1.29 is 8.42 Å². The average molecular weight is 510 g/mol. The number of nitrogens with zero attached hydrogens (tertiary/aromatic N) is 3. The van der Waals surface area contributed by atoms with Crippen LogP contribution < -0.4 is 0 Å². The van der Waals surface area contributed by atoms with E-state index in [1.807, 2.05) is 18.2 Å². The normalized spacial score (nSPS) is 15.5. The van der Waals surface area contributed by atoms with Gasteiger partial charge in [-0.15, -0.1) is 0 Å². The number of rotatable bonds is 5. The Labute approximate surface area is 218 Å². The van der Waals surface area contributed by atoms with E-state index in [-0.39, 0.29) is 0 Å². The molecule has 5 nitrogen and oxygen atoms in total. The van der Waals surface area contributed by atoms with Crippen LogP contribution in [-0.2, 0) is 16.6 Å². The fraction of sp³-hybridized carbons (Fsp3) is 0.258. The average Bonchev–Trinajstić information content (AvgIpc) is 3.20. The zero-order valence-corrected chi connectivity index (χ0v) is 22.1. The molecule has 0 N–H and O–H groups in total. The van der Waals surface area contributed by atoms with Crippen molar-refractivity contribution in [3.05, 3.63) is 107 Å². The molecule has 3 heterocycles. The number of hydrogen-bond donors (Lipinski definition) is 0. The van der Waals surface area contributed by atoms with Gasteiger partial charge in [0, 0.05) is 47.8 Å². The Balaban J connectivity index is 1.30. The van der Waals surface area contributed by atoms with Gasteiger partial charge in [-0.05, 0) is 67.5 Å². The lowest BCUT2D eigenvalue weighted by molar-refractivity contribution is 0.320. The molecule has 5 aromatic rings. The van der Waals surface area contributed by atoms with Crippen LogP contribution in [0.2, 0.25) is 0 Å². The molecule has 188 valence electrons. The molecular formula is C31H31N3O2S. The molecule has 0 bridgehead atoms. The monoisotopic (exact) mass is 509 g/mol. The highest BCUT2D eigenvalue weighted by Gasteiger charge is 2.33. The van der Waals surface area contributed by atoms with Crippen LogP contribution in [0.5, 0.6) is 0 Å². The summed E-state index contributed by atoms with van der Waals surface area (Å²) in [4.78, 5) is 4.69. The van der Waals surface area contributed by atoms with Crippen molar-refractivity contribution in [2.24, 2.45) is 0 Å². The maximum absolute atomic E-state index is 13.6. The largest absolute Gasteiger partial charge is 0.340 e. The molecule has 0 atom stereocenters. The molecule has 1 aliphatic heterocycles. The van der Waals surface area contributed by atoms with Gasteiger partial charge in [-0.2, -0.15) is 4.31 Å². The lowest BCUT2D eigenvalue weighted by Gasteiger charge is -2.32. The van der Waals surface area contributed by atoms with Gasteiger partial charge in [0.05, 0.1) is 5.52 Å². The molecule has 1 aliphatic rings. The second-order valence-electron chi connectivity index (χ2n) is 10.0. The molecule has 3 aromatic carbocycles. The van der Waals surface area contributed by atoms with Crippen LogP contribution in [-0.4, -0.2) is 35.4 Å². The topological polar surface area (TPSA) is 55.2 Å². The fourth-order valence-corrected chi connectivity index (χ4v) is 7.58. The number of benzene rings is 3. The van der Waals surface area contributed by atoms with Crippen molar-refractivity contribution in [1.29, 1.82) is 0 Å². The number of para-hydroxylation sites is 2. The quantitative estimate of drug-likeness (QED) is 0.275. The highest BCUT2D eigenvalue weighted by atomic mass is 32.2. The highest BCUT2D eigenvalue weighted by Crippen LogP contribution is 2.39. The Morgan fingerprint density at radius 1 is 0.865 bits per heavy atom. The third-order valence-electron chi connectivity index (χ3n) is 7.95. The number of hydrogen-bond acceptors (Lipinski definition) is 3. The van der Waals surface area contributed by atoms with Crippen LogP contribution in [0.25, 0.3) is 21.8 Å². The Hall–Kier alpha value is -3.48. The second-order valence-corrected chi connectivity index (χ2v) is 11.9. The van der Waals surface area contributed by atoms with Crippen LogP contribution >= 0.6 is 0 Å². The number of sulfonamides is 1. The molecule has 0 saturated carbocycles. The Morgan fingerprint density at radius 3 is 2.41 bits per heavy atom. The lowest BCUT2D eigenvalue weighted by atomic mass is 9.88. The Kier molecular flexibility index (Phi) is 6.09. The summed E-state index contributed by atoms with van der Waals surface area (Å²) in [6.07, 6.45) is 3.26. The molecule has 0 aliphatic carbocycles. The van der Waals surface area contributed by atoms with Gasteiger partial charge in [-0.3, -0.25) is 4.98 Å². The van der Waals surface area contributed by atoms with Crippen molar-refractivity contribution in [2.45, 2.75) is 44.0 Å². The number of fused-ring (bicyclic) bond motifs is 2. The van der Waals surface area contributed by atoms with E-state index in [0.29, 0.717) is 29.4 Å². The summed E-state index contributed by atoms with van der Waals surface area (Å²) in [5.41, 5.74) is 7.06. The van der Waals surface area contributed by atoms with Crippen molar-refractivity contribution in [1.82, 2.24) is 13.9 Å². The van der Waals surface area contributed by atoms with Crippen LogP contribution in [0, 0.1) is 13.8 Å². The summed E-state index contributed by atoms with van der Waals surface area (Å²) in [6, 6.07) is 26.3. The molecule has 1 saturated heterocycles. The third-order valence-corrected chi connectivity index (χ3v) is 9.88. The Morgan fingerprint density at radius 2 is 1.59 bits per heavy atom. The van der Waals surface area contributed by atoms with E-state index in [2.05, 4.69) is 71.9 Å². The maximum Gasteiger partial charge on any atom is 0.245 e. The van der Waals surface area contributed by atoms with Crippen molar-refractivity contribution in [2.75, 3.05) is 13.1 Å². The van der Waals surface area contributed by atoms with Gasteiger partial charge >= 0.3 is 0 Å². The number of aryl methyl sites for hydroxylation is 1. The highest BCUT2D eigenvalue weighted by molar-refractivity contribution is 7.89. The molecular weight excluding hydrogens is 478 g/mol. The van der Waals surface area contributed by atoms with Crippen molar-refractivity contribution in [3.63, 3.8) is 0 Å². The van der Waals surface area contributed by atoms with Gasteiger partial charge in [0.25, 0.3) is 0 Å². The number of aromatic nitrogens is 2. The van der Waals surface area contributed by atoms with E-state index in [1.165, 1.54) is 33.3 Å². The summed E-state index contributed by atoms with van der Waals surface area (Å²) in [6.45, 7) is 6.23. The van der Waals surface area contributed by atoms with Crippen molar-refractivity contribution >= 4 is 31.8 Å². The van der Waals surface area contributed by atoms with Gasteiger partial charge in [0.2, 0.25) is 10.0 Å². The number of pyridine rings is 1. The van der Waals surface area contributed by atoms with Crippen LogP contribution in [0.15, 0.2) is 90.0 Å². The summed E-state index contributed by atoms with van der Waals surface area (Å²) in [7, 11) is -3.62. The predicted molar refractivity (Wildman–Crippen MR) is 149 cm³/mol. The van der Waals surface area contributed by atoms with E-state index < -0.39 is 10.0 Å². The lowest BCUT2D eigenvalue weighted by Crippen LogP contribution is -2.38. The first-order chi connectivity index (χ1) is 17.9. The zero-order chi connectivity index (χ0) is 25.6. The third kappa shape index (κ3) is 4.14. The smallest absolute Gasteiger partial charge is 0.245 e. The van der Waals surface area contributed by atoms with E-state index >= 15 is 0 Å². The van der Waals surface area contributed by atoms with Crippen LogP contribution in [0.3, 0.4) is 0 Å². The Bertz CT molecular complexity index is 1710. The van der Waals surface area contributed by atoms with E-state index in [4.69, 9.17) is 0 Å². The minimum Gasteiger partial charge on any atom is -0.340 e. The molecule has 37 heavy (non-hydrogen) atoms. The fourth-order valence-electron chi connectivity index (χ4n) is 5.94. The summed E-state index contributed by atoms with van der Waals surface area (Å²) < 4.78 is 31.4. The minimum atomic E-state index is -3.62. The molecule has 6 heteroatoms. The van der Waals surface area contributed by atoms with Gasteiger partial charge < -0.3 is 4.57 Å². The van der Waals surface area contributed by atoms with E-state index in [0.717, 1.165) is 24.8 Å². The van der Waals surface area contributed by atoms with Gasteiger partial charge in [-0.25, -0.2) is 8.42 Å². The van der Waals surface area contributed by atoms with Gasteiger partial charge in [0.15, 0.2) is 0 Å². The minimum absolute atomic E-state index is 0.301. The standard InChI is InChI=1S/C31H31N3O2S/c1-22-9-3-4-10-26(22)21-34-23(2)30(27-13-5-6-14-28(27)34)24-16-19-33(20-17-24)37(35,36)29-15-7-11-25-12-8-18-32-31(25)29/h3-15,18,24H,16-17,19-21H2,1-2H3. The molecule has 1 fully saturated rings. The van der Waals surface area contributed by atoms with Crippen LogP contribution in [0.4, 0.5) is 0 Å². The first-order valence-corrected chi connectivity index (χ1v) is 14.4. The molecule has 0 amide bonds. The molecule has 2 aromatic heterocycles. The SMILES string of the molecule is Cc1ccccc1Cn1c(C)c(C2CCN(S(=O)(=O)c3cccc4cccnc34)CC2)c2ccccc21. The van der Waals surface area contributed by atoms with Gasteiger partial charge in [-0.1, -0.05) is 60.7 Å². The second kappa shape index (κ2) is 9.43. The molecule has 0 radical (unpaired) electrons. The first-order valence-electron chi connectivity index (χ1n) is 12.9. The number of piperidine rings is 1. The summed E-state index contributed by atoms with van der Waals surface area (Å²) in [5.74, 6) is 0.320. The first kappa shape index (κ1) is 23.9. The molecule has 0 spiro atoms.